The number of thioether (sulfide) groups is 1. The maximum Gasteiger partial charge on any atom is 0.311 e. The van der Waals surface area contributed by atoms with Crippen LogP contribution in [0.5, 0.6) is 0 Å². The fourth-order valence-electron chi connectivity index (χ4n) is 3.49. The summed E-state index contributed by atoms with van der Waals surface area (Å²) in [5.74, 6) is 0.0123. The van der Waals surface area contributed by atoms with Crippen LogP contribution in [-0.4, -0.2) is 45.5 Å². The van der Waals surface area contributed by atoms with Crippen LogP contribution in [0.15, 0.2) is 53.7 Å². The van der Waals surface area contributed by atoms with Gasteiger partial charge in [-0.05, 0) is 56.9 Å². The molecule has 3 rings (SSSR count). The van der Waals surface area contributed by atoms with Crippen molar-refractivity contribution in [2.45, 2.75) is 39.3 Å². The highest BCUT2D eigenvalue weighted by atomic mass is 32.2. The van der Waals surface area contributed by atoms with Crippen LogP contribution in [0, 0.1) is 26.7 Å². The van der Waals surface area contributed by atoms with Gasteiger partial charge in [0.15, 0.2) is 5.16 Å². The quantitative estimate of drug-likeness (QED) is 0.361. The number of nitrogens with one attached hydrogen (secondary N) is 1. The number of esters is 1. The highest BCUT2D eigenvalue weighted by Gasteiger charge is 2.22. The normalized spacial score (nSPS) is 11.8. The fourth-order valence-corrected chi connectivity index (χ4v) is 4.31. The molecular formula is C25H30N4O3S. The molecule has 1 N–H and O–H groups in total. The Morgan fingerprint density at radius 3 is 2.58 bits per heavy atom. The molecule has 174 valence electrons. The van der Waals surface area contributed by atoms with Crippen molar-refractivity contribution in [3.8, 4) is 5.69 Å². The summed E-state index contributed by atoms with van der Waals surface area (Å²) < 4.78 is 7.18. The zero-order valence-electron chi connectivity index (χ0n) is 19.5. The number of carbonyl (C=O) groups excluding carboxylic acids is 2. The number of hydrogen-bond donors (Lipinski definition) is 1. The van der Waals surface area contributed by atoms with Crippen LogP contribution in [0.1, 0.15) is 29.4 Å². The van der Waals surface area contributed by atoms with E-state index >= 15 is 0 Å². The third kappa shape index (κ3) is 6.68. The third-order valence-corrected chi connectivity index (χ3v) is 6.15. The molecule has 8 heteroatoms. The van der Waals surface area contributed by atoms with Gasteiger partial charge < -0.3 is 10.1 Å². The van der Waals surface area contributed by atoms with E-state index in [2.05, 4.69) is 33.7 Å². The van der Waals surface area contributed by atoms with Gasteiger partial charge in [0.05, 0.1) is 24.0 Å². The molecule has 1 aromatic heterocycles. The molecule has 1 unspecified atom stereocenters. The topological polar surface area (TPSA) is 86.1 Å². The number of aryl methyl sites for hydroxylation is 3. The van der Waals surface area contributed by atoms with E-state index in [0.29, 0.717) is 18.2 Å². The molecule has 0 bridgehead atoms. The molecule has 0 fully saturated rings. The van der Waals surface area contributed by atoms with Crippen LogP contribution in [0.4, 0.5) is 0 Å². The van der Waals surface area contributed by atoms with Crippen molar-refractivity contribution in [1.29, 1.82) is 0 Å². The second kappa shape index (κ2) is 11.7. The number of rotatable bonds is 10. The predicted octanol–water partition coefficient (Wildman–Crippen LogP) is 3.82. The summed E-state index contributed by atoms with van der Waals surface area (Å²) in [7, 11) is 0. The molecule has 0 saturated heterocycles. The average Bonchev–Trinajstić information content (AvgIpc) is 3.17. The molecule has 0 radical (unpaired) electrons. The highest BCUT2D eigenvalue weighted by Crippen LogP contribution is 2.24. The Balaban J connectivity index is 1.63. The molecule has 3 aromatic rings. The van der Waals surface area contributed by atoms with Crippen LogP contribution in [0.3, 0.4) is 0 Å². The van der Waals surface area contributed by atoms with Gasteiger partial charge in [-0.2, -0.15) is 0 Å². The Morgan fingerprint density at radius 1 is 1.09 bits per heavy atom. The Labute approximate surface area is 198 Å². The zero-order valence-corrected chi connectivity index (χ0v) is 20.3. The standard InChI is InChI=1S/C25H30N4O3S/c1-5-32-24(31)21(14-20-9-7-6-8-10-20)15-26-23(30)16-33-25-28-27-19(4)29(25)22-13-17(2)11-12-18(22)3/h6-13,21H,5,14-16H2,1-4H3,(H,26,30). The smallest absolute Gasteiger partial charge is 0.311 e. The van der Waals surface area contributed by atoms with Crippen LogP contribution in [-0.2, 0) is 20.7 Å². The molecule has 0 aliphatic rings. The molecule has 33 heavy (non-hydrogen) atoms. The molecule has 0 aliphatic heterocycles. The first-order chi connectivity index (χ1) is 15.9. The van der Waals surface area contributed by atoms with Crippen molar-refractivity contribution in [3.63, 3.8) is 0 Å². The summed E-state index contributed by atoms with van der Waals surface area (Å²) in [6.45, 7) is 8.28. The second-order valence-electron chi connectivity index (χ2n) is 7.89. The van der Waals surface area contributed by atoms with Gasteiger partial charge >= 0.3 is 5.97 Å². The SMILES string of the molecule is CCOC(=O)C(CNC(=O)CSc1nnc(C)n1-c1cc(C)ccc1C)Cc1ccccc1. The Hall–Kier alpha value is -3.13. The molecule has 0 spiro atoms. The maximum atomic E-state index is 12.6. The first-order valence-corrected chi connectivity index (χ1v) is 12.0. The number of carbonyl (C=O) groups is 2. The molecular weight excluding hydrogens is 436 g/mol. The molecule has 0 saturated carbocycles. The summed E-state index contributed by atoms with van der Waals surface area (Å²) in [6, 6.07) is 15.9. The van der Waals surface area contributed by atoms with E-state index in [9.17, 15) is 9.59 Å². The maximum absolute atomic E-state index is 12.6. The van der Waals surface area contributed by atoms with E-state index < -0.39 is 5.92 Å². The van der Waals surface area contributed by atoms with Gasteiger partial charge in [0, 0.05) is 6.54 Å². The first-order valence-electron chi connectivity index (χ1n) is 11.0. The van der Waals surface area contributed by atoms with Gasteiger partial charge in [0.1, 0.15) is 5.82 Å². The van der Waals surface area contributed by atoms with Crippen molar-refractivity contribution in [2.75, 3.05) is 18.9 Å². The molecule has 1 amide bonds. The van der Waals surface area contributed by atoms with Crippen molar-refractivity contribution in [3.05, 3.63) is 71.0 Å². The van der Waals surface area contributed by atoms with Gasteiger partial charge in [-0.25, -0.2) is 0 Å². The van der Waals surface area contributed by atoms with E-state index in [-0.39, 0.29) is 24.2 Å². The van der Waals surface area contributed by atoms with E-state index in [0.717, 1.165) is 28.2 Å². The number of hydrogen-bond acceptors (Lipinski definition) is 6. The number of nitrogens with zero attached hydrogens (tertiary/aromatic N) is 3. The minimum Gasteiger partial charge on any atom is -0.466 e. The van der Waals surface area contributed by atoms with Crippen molar-refractivity contribution >= 4 is 23.6 Å². The minimum atomic E-state index is -0.442. The number of ether oxygens (including phenoxy) is 1. The number of benzene rings is 2. The highest BCUT2D eigenvalue weighted by molar-refractivity contribution is 7.99. The van der Waals surface area contributed by atoms with Crippen molar-refractivity contribution < 1.29 is 14.3 Å². The van der Waals surface area contributed by atoms with Gasteiger partial charge in [-0.1, -0.05) is 54.2 Å². The molecule has 1 heterocycles. The lowest BCUT2D eigenvalue weighted by Crippen LogP contribution is -2.36. The Bertz CT molecular complexity index is 1100. The largest absolute Gasteiger partial charge is 0.466 e. The van der Waals surface area contributed by atoms with E-state index in [1.54, 1.807) is 6.92 Å². The summed E-state index contributed by atoms with van der Waals surface area (Å²) in [5.41, 5.74) is 4.27. The lowest BCUT2D eigenvalue weighted by atomic mass is 9.99. The van der Waals surface area contributed by atoms with Crippen LogP contribution < -0.4 is 5.32 Å². The van der Waals surface area contributed by atoms with E-state index in [4.69, 9.17) is 4.74 Å². The predicted molar refractivity (Wildman–Crippen MR) is 130 cm³/mol. The zero-order chi connectivity index (χ0) is 23.8. The van der Waals surface area contributed by atoms with Gasteiger partial charge in [0.25, 0.3) is 0 Å². The number of amides is 1. The summed E-state index contributed by atoms with van der Waals surface area (Å²) in [6.07, 6.45) is 0.507. The van der Waals surface area contributed by atoms with Crippen LogP contribution in [0.2, 0.25) is 0 Å². The fraction of sp³-hybridized carbons (Fsp3) is 0.360. The van der Waals surface area contributed by atoms with E-state index in [1.807, 2.05) is 55.7 Å². The van der Waals surface area contributed by atoms with Crippen molar-refractivity contribution in [2.24, 2.45) is 5.92 Å². The minimum absolute atomic E-state index is 0.171. The van der Waals surface area contributed by atoms with Crippen LogP contribution in [0.25, 0.3) is 5.69 Å². The first kappa shape index (κ1) is 24.5. The second-order valence-corrected chi connectivity index (χ2v) is 8.83. The lowest BCUT2D eigenvalue weighted by Gasteiger charge is -2.16. The lowest BCUT2D eigenvalue weighted by molar-refractivity contribution is -0.147. The van der Waals surface area contributed by atoms with Crippen LogP contribution >= 0.6 is 11.8 Å². The Kier molecular flexibility index (Phi) is 8.65. The molecule has 7 nitrogen and oxygen atoms in total. The molecule has 0 aliphatic carbocycles. The summed E-state index contributed by atoms with van der Waals surface area (Å²) >= 11 is 1.32. The average molecular weight is 467 g/mol. The van der Waals surface area contributed by atoms with Crippen molar-refractivity contribution in [1.82, 2.24) is 20.1 Å². The Morgan fingerprint density at radius 2 is 1.85 bits per heavy atom. The molecule has 2 aromatic carbocycles. The number of aromatic nitrogens is 3. The summed E-state index contributed by atoms with van der Waals surface area (Å²) in [5, 5.41) is 12.0. The van der Waals surface area contributed by atoms with Gasteiger partial charge in [-0.15, -0.1) is 10.2 Å². The van der Waals surface area contributed by atoms with E-state index in [1.165, 1.54) is 11.8 Å². The van der Waals surface area contributed by atoms with Gasteiger partial charge in [-0.3, -0.25) is 14.2 Å². The third-order valence-electron chi connectivity index (χ3n) is 5.22. The monoisotopic (exact) mass is 466 g/mol. The summed E-state index contributed by atoms with van der Waals surface area (Å²) in [4.78, 5) is 25.0. The molecule has 1 atom stereocenters. The van der Waals surface area contributed by atoms with Gasteiger partial charge in [0.2, 0.25) is 5.91 Å².